The number of hydrogen-bond donors (Lipinski definition) is 3. The minimum absolute atomic E-state index is 0.0000424. The minimum Gasteiger partial charge on any atom is -0.360 e. The first-order valence-electron chi connectivity index (χ1n) is 11.0. The highest BCUT2D eigenvalue weighted by Crippen LogP contribution is 2.39. The number of halogens is 3. The summed E-state index contributed by atoms with van der Waals surface area (Å²) in [5, 5.41) is 12.0. The van der Waals surface area contributed by atoms with Gasteiger partial charge in [-0.1, -0.05) is 12.1 Å². The van der Waals surface area contributed by atoms with Crippen LogP contribution in [0.4, 0.5) is 19.1 Å². The molecule has 0 saturated carbocycles. The van der Waals surface area contributed by atoms with E-state index in [-0.39, 0.29) is 34.3 Å². The van der Waals surface area contributed by atoms with Gasteiger partial charge in [0.25, 0.3) is 5.56 Å². The molecule has 11 heteroatoms. The number of piperidine rings is 1. The fourth-order valence-electron chi connectivity index (χ4n) is 4.41. The predicted molar refractivity (Wildman–Crippen MR) is 124 cm³/mol. The Morgan fingerprint density at radius 3 is 2.74 bits per heavy atom. The molecule has 3 aromatic heterocycles. The summed E-state index contributed by atoms with van der Waals surface area (Å²) in [5.74, 6) is 0.129. The second-order valence-electron chi connectivity index (χ2n) is 9.33. The number of aryl methyl sites for hydroxylation is 1. The minimum atomic E-state index is -4.65. The highest BCUT2D eigenvalue weighted by Gasteiger charge is 2.36. The van der Waals surface area contributed by atoms with Gasteiger partial charge in [0.2, 0.25) is 5.95 Å². The molecule has 3 N–H and O–H groups in total. The summed E-state index contributed by atoms with van der Waals surface area (Å²) < 4.78 is 42.9. The number of alkyl halides is 3. The number of benzene rings is 1. The van der Waals surface area contributed by atoms with E-state index in [1.54, 1.807) is 18.3 Å². The molecule has 34 heavy (non-hydrogen) atoms. The maximum Gasteiger partial charge on any atom is 0.419 e. The zero-order valence-electron chi connectivity index (χ0n) is 18.9. The lowest BCUT2D eigenvalue weighted by Crippen LogP contribution is -2.50. The van der Waals surface area contributed by atoms with Crippen molar-refractivity contribution in [3.05, 3.63) is 46.6 Å². The number of fused-ring (bicyclic) bond motifs is 3. The third-order valence-corrected chi connectivity index (χ3v) is 6.39. The van der Waals surface area contributed by atoms with E-state index in [0.29, 0.717) is 28.2 Å². The first-order valence-corrected chi connectivity index (χ1v) is 11.0. The maximum absolute atomic E-state index is 13.9. The quantitative estimate of drug-likeness (QED) is 0.420. The molecule has 178 valence electrons. The van der Waals surface area contributed by atoms with E-state index in [0.717, 1.165) is 19.0 Å². The number of hydrogen-bond acceptors (Lipinski definition) is 6. The Balaban J connectivity index is 1.62. The second kappa shape index (κ2) is 7.79. The van der Waals surface area contributed by atoms with Gasteiger partial charge in [-0.15, -0.1) is 0 Å². The van der Waals surface area contributed by atoms with Crippen LogP contribution in [0.5, 0.6) is 0 Å². The first kappa shape index (κ1) is 22.3. The lowest BCUT2D eigenvalue weighted by Gasteiger charge is -2.36. The van der Waals surface area contributed by atoms with Gasteiger partial charge in [-0.3, -0.25) is 4.79 Å². The molecule has 0 radical (unpaired) electrons. The fourth-order valence-corrected chi connectivity index (χ4v) is 4.41. The Hall–Kier alpha value is -3.47. The molecule has 1 aromatic carbocycles. The lowest BCUT2D eigenvalue weighted by atomic mass is 9.91. The van der Waals surface area contributed by atoms with E-state index in [1.807, 2.05) is 0 Å². The standard InChI is InChI=1S/C23H24F3N7O/c1-22(2)7-6-13(9-29-22)31-21-28-11-16(23(24,25)26)18(32-21)15-10-27-19-14(15)5-4-12-8-30-33(3)20(34)17(12)19/h4-5,8,10-11,13,27,29H,6-7,9H2,1-3H3,(H,28,31,32)/t13-/m0/s1. The van der Waals surface area contributed by atoms with E-state index in [1.165, 1.54) is 17.9 Å². The Labute approximate surface area is 192 Å². The molecule has 1 saturated heterocycles. The first-order chi connectivity index (χ1) is 16.0. The summed E-state index contributed by atoms with van der Waals surface area (Å²) in [4.78, 5) is 23.9. The maximum atomic E-state index is 13.9. The van der Waals surface area contributed by atoms with Crippen LogP contribution in [0, 0.1) is 0 Å². The number of anilines is 1. The lowest BCUT2D eigenvalue weighted by molar-refractivity contribution is -0.137. The summed E-state index contributed by atoms with van der Waals surface area (Å²) in [7, 11) is 1.52. The third-order valence-electron chi connectivity index (χ3n) is 6.39. The number of rotatable bonds is 3. The van der Waals surface area contributed by atoms with Crippen LogP contribution in [-0.4, -0.2) is 42.9 Å². The largest absolute Gasteiger partial charge is 0.419 e. The fraction of sp³-hybridized carbons (Fsp3) is 0.391. The predicted octanol–water partition coefficient (Wildman–Crippen LogP) is 3.83. The smallest absolute Gasteiger partial charge is 0.360 e. The molecule has 1 aliphatic heterocycles. The van der Waals surface area contributed by atoms with Gasteiger partial charge in [0.05, 0.1) is 22.8 Å². The van der Waals surface area contributed by atoms with Crippen LogP contribution in [-0.2, 0) is 13.2 Å². The number of nitrogens with zero attached hydrogens (tertiary/aromatic N) is 4. The van der Waals surface area contributed by atoms with Gasteiger partial charge in [-0.25, -0.2) is 14.6 Å². The molecule has 4 aromatic rings. The van der Waals surface area contributed by atoms with E-state index in [9.17, 15) is 18.0 Å². The van der Waals surface area contributed by atoms with Crippen molar-refractivity contribution >= 4 is 27.6 Å². The Morgan fingerprint density at radius 1 is 1.24 bits per heavy atom. The van der Waals surface area contributed by atoms with E-state index in [4.69, 9.17) is 0 Å². The van der Waals surface area contributed by atoms with Crippen molar-refractivity contribution in [1.29, 1.82) is 0 Å². The summed E-state index contributed by atoms with van der Waals surface area (Å²) >= 11 is 0. The van der Waals surface area contributed by atoms with Gasteiger partial charge in [-0.2, -0.15) is 18.3 Å². The third kappa shape index (κ3) is 3.89. The van der Waals surface area contributed by atoms with Crippen molar-refractivity contribution in [2.45, 2.75) is 44.4 Å². The molecule has 0 amide bonds. The van der Waals surface area contributed by atoms with Crippen LogP contribution in [0.15, 0.2) is 35.5 Å². The summed E-state index contributed by atoms with van der Waals surface area (Å²) in [6.45, 7) is 4.88. The van der Waals surface area contributed by atoms with Crippen molar-refractivity contribution in [2.75, 3.05) is 11.9 Å². The Bertz CT molecular complexity index is 1440. The summed E-state index contributed by atoms with van der Waals surface area (Å²) in [6.07, 6.45) is 0.923. The monoisotopic (exact) mass is 471 g/mol. The molecule has 1 atom stereocenters. The summed E-state index contributed by atoms with van der Waals surface area (Å²) in [6, 6.07) is 3.35. The van der Waals surface area contributed by atoms with Crippen LogP contribution in [0.3, 0.4) is 0 Å². The Morgan fingerprint density at radius 2 is 2.03 bits per heavy atom. The SMILES string of the molecule is Cn1ncc2ccc3c(-c4nc(N[C@H]5CCC(C)(C)NC5)ncc4C(F)(F)F)c[nH]c3c2c1=O. The van der Waals surface area contributed by atoms with Gasteiger partial charge >= 0.3 is 6.18 Å². The van der Waals surface area contributed by atoms with Crippen molar-refractivity contribution in [2.24, 2.45) is 7.05 Å². The molecule has 0 bridgehead atoms. The average molecular weight is 471 g/mol. The van der Waals surface area contributed by atoms with Crippen molar-refractivity contribution in [1.82, 2.24) is 30.0 Å². The highest BCUT2D eigenvalue weighted by atomic mass is 19.4. The molecular weight excluding hydrogens is 447 g/mol. The zero-order valence-corrected chi connectivity index (χ0v) is 18.9. The normalized spacial score (nSPS) is 18.5. The number of H-pyrrole nitrogens is 1. The van der Waals surface area contributed by atoms with Crippen LogP contribution >= 0.6 is 0 Å². The number of aromatic nitrogens is 5. The van der Waals surface area contributed by atoms with Gasteiger partial charge < -0.3 is 15.6 Å². The van der Waals surface area contributed by atoms with Crippen molar-refractivity contribution in [3.63, 3.8) is 0 Å². The second-order valence-corrected chi connectivity index (χ2v) is 9.33. The topological polar surface area (TPSA) is 101 Å². The van der Waals surface area contributed by atoms with Crippen LogP contribution in [0.2, 0.25) is 0 Å². The molecule has 5 rings (SSSR count). The van der Waals surface area contributed by atoms with Gasteiger partial charge in [0.1, 0.15) is 5.56 Å². The van der Waals surface area contributed by atoms with E-state index < -0.39 is 11.7 Å². The molecular formula is C23H24F3N7O. The van der Waals surface area contributed by atoms with Gasteiger partial charge in [-0.05, 0) is 26.7 Å². The molecule has 4 heterocycles. The number of nitrogens with one attached hydrogen (secondary N) is 3. The molecule has 1 aliphatic rings. The van der Waals surface area contributed by atoms with Crippen molar-refractivity contribution in [3.8, 4) is 11.3 Å². The van der Waals surface area contributed by atoms with E-state index >= 15 is 0 Å². The van der Waals surface area contributed by atoms with E-state index in [2.05, 4.69) is 44.5 Å². The molecule has 8 nitrogen and oxygen atoms in total. The van der Waals surface area contributed by atoms with Crippen molar-refractivity contribution < 1.29 is 13.2 Å². The number of aromatic amines is 1. The average Bonchev–Trinajstić information content (AvgIpc) is 3.21. The van der Waals surface area contributed by atoms with Gasteiger partial charge in [0.15, 0.2) is 0 Å². The van der Waals surface area contributed by atoms with Crippen LogP contribution < -0.4 is 16.2 Å². The van der Waals surface area contributed by atoms with Crippen LogP contribution in [0.1, 0.15) is 32.3 Å². The Kier molecular flexibility index (Phi) is 5.12. The summed E-state index contributed by atoms with van der Waals surface area (Å²) in [5.41, 5.74) is -0.823. The molecule has 0 spiro atoms. The zero-order chi connectivity index (χ0) is 24.3. The molecule has 0 unspecified atom stereocenters. The molecule has 0 aliphatic carbocycles. The van der Waals surface area contributed by atoms with Gasteiger partial charge in [0, 0.05) is 53.9 Å². The van der Waals surface area contributed by atoms with Crippen LogP contribution in [0.25, 0.3) is 32.9 Å². The molecule has 1 fully saturated rings. The highest BCUT2D eigenvalue weighted by molar-refractivity contribution is 6.10.